The van der Waals surface area contributed by atoms with E-state index in [1.54, 1.807) is 73.7 Å². The van der Waals surface area contributed by atoms with E-state index in [2.05, 4.69) is 5.32 Å². The van der Waals surface area contributed by atoms with Crippen LogP contribution in [0.5, 0.6) is 0 Å². The number of methoxy groups -OCH3 is 1. The van der Waals surface area contributed by atoms with E-state index in [9.17, 15) is 29.4 Å². The van der Waals surface area contributed by atoms with Gasteiger partial charge in [0.15, 0.2) is 5.72 Å². The lowest BCUT2D eigenvalue weighted by atomic mass is 9.83. The Kier molecular flexibility index (Phi) is 14.8. The number of carbonyl (C=O) groups is 4. The summed E-state index contributed by atoms with van der Waals surface area (Å²) >= 11 is 6.73. The van der Waals surface area contributed by atoms with Gasteiger partial charge in [0.05, 0.1) is 29.8 Å². The minimum atomic E-state index is -1.83. The molecule has 3 aliphatic heterocycles. The van der Waals surface area contributed by atoms with Gasteiger partial charge in [0.1, 0.15) is 30.0 Å². The smallest absolute Gasteiger partial charge is 0.409 e. The van der Waals surface area contributed by atoms with Crippen LogP contribution in [0.2, 0.25) is 5.02 Å². The van der Waals surface area contributed by atoms with Gasteiger partial charge in [-0.3, -0.25) is 14.9 Å². The number of allylic oxidation sites excluding steroid dienone is 3. The van der Waals surface area contributed by atoms with Crippen LogP contribution in [0.1, 0.15) is 65.0 Å². The number of halogens is 1. The van der Waals surface area contributed by atoms with E-state index in [-0.39, 0.29) is 36.8 Å². The number of aliphatic hydroxyl groups excluding tert-OH is 1. The van der Waals surface area contributed by atoms with Gasteiger partial charge in [0, 0.05) is 51.5 Å². The quantitative estimate of drug-likeness (QED) is 0.128. The molecule has 16 heteroatoms. The van der Waals surface area contributed by atoms with Gasteiger partial charge in [-0.15, -0.1) is 0 Å². The molecule has 8 atom stereocenters. The van der Waals surface area contributed by atoms with Crippen molar-refractivity contribution < 1.29 is 48.3 Å². The van der Waals surface area contributed by atoms with Gasteiger partial charge in [-0.2, -0.15) is 0 Å². The van der Waals surface area contributed by atoms with Crippen LogP contribution in [-0.4, -0.2) is 113 Å². The molecule has 0 spiro atoms. The molecule has 3 heterocycles. The summed E-state index contributed by atoms with van der Waals surface area (Å²) in [7, 11) is 7.76. The van der Waals surface area contributed by atoms with Crippen LogP contribution in [0.4, 0.5) is 10.5 Å². The number of likely N-dealkylation sites (N-methyl/N-ethyl adjacent to an activating group) is 1. The lowest BCUT2D eigenvalue weighted by Crippen LogP contribution is -2.63. The SMILES string of the molecule is CCSSCCC(=O)N(C)[C@@H](C)C(=O)O[C@H]1CC(=O)N(C)c2cc(cc(CO)c2Cl)C/C(C)=C/C=C/[C@@H](OC)[C@@]2(O)CC(OC(=O)N2)[C@@H](C)C2OC21C. The van der Waals surface area contributed by atoms with Gasteiger partial charge in [0.25, 0.3) is 0 Å². The first-order chi connectivity index (χ1) is 25.0. The van der Waals surface area contributed by atoms with E-state index < -0.39 is 65.7 Å². The van der Waals surface area contributed by atoms with Gasteiger partial charge in [-0.1, -0.05) is 76.9 Å². The minimum Gasteiger partial charge on any atom is -0.457 e. The lowest BCUT2D eigenvalue weighted by molar-refractivity contribution is -0.162. The Morgan fingerprint density at radius 1 is 1.26 bits per heavy atom. The molecule has 1 aromatic carbocycles. The van der Waals surface area contributed by atoms with Crippen molar-refractivity contribution in [2.24, 2.45) is 5.92 Å². The summed E-state index contributed by atoms with van der Waals surface area (Å²) in [5, 5.41) is 24.6. The number of nitrogens with zero attached hydrogens (tertiary/aromatic N) is 2. The number of amides is 3. The normalized spacial score (nSPS) is 31.3. The summed E-state index contributed by atoms with van der Waals surface area (Å²) < 4.78 is 23.6. The largest absolute Gasteiger partial charge is 0.457 e. The van der Waals surface area contributed by atoms with Crippen molar-refractivity contribution in [2.75, 3.05) is 37.6 Å². The average Bonchev–Trinajstić information content (AvgIpc) is 3.81. The number of alkyl carbamates (subject to hydrolysis) is 1. The molecule has 4 rings (SSSR count). The Balaban J connectivity index is 1.72. The highest BCUT2D eigenvalue weighted by molar-refractivity contribution is 8.76. The number of hydrogen-bond acceptors (Lipinski definition) is 12. The molecule has 2 fully saturated rings. The van der Waals surface area contributed by atoms with Crippen molar-refractivity contribution in [3.8, 4) is 0 Å². The highest BCUT2D eigenvalue weighted by Gasteiger charge is 2.64. The summed E-state index contributed by atoms with van der Waals surface area (Å²) in [6, 6.07) is 2.57. The molecule has 3 N–H and O–H groups in total. The van der Waals surface area contributed by atoms with Crippen LogP contribution in [-0.2, 0) is 46.4 Å². The molecule has 0 saturated carbocycles. The van der Waals surface area contributed by atoms with E-state index in [0.717, 1.165) is 16.9 Å². The first-order valence-corrected chi connectivity index (χ1v) is 20.5. The van der Waals surface area contributed by atoms with E-state index in [4.69, 9.17) is 30.5 Å². The molecule has 3 amide bonds. The molecule has 1 aromatic rings. The Hall–Kier alpha value is -2.79. The number of aliphatic hydroxyl groups is 2. The third kappa shape index (κ3) is 10.1. The number of nitrogens with one attached hydrogen (secondary N) is 1. The summed E-state index contributed by atoms with van der Waals surface area (Å²) in [6.45, 7) is 8.65. The third-order valence-corrected chi connectivity index (χ3v) is 13.1. The zero-order chi connectivity index (χ0) is 39.2. The molecular formula is C37H52ClN3O10S2. The number of fused-ring (bicyclic) bond motifs is 5. The van der Waals surface area contributed by atoms with Gasteiger partial charge in [-0.25, -0.2) is 9.59 Å². The zero-order valence-electron chi connectivity index (χ0n) is 31.5. The van der Waals surface area contributed by atoms with Crippen molar-refractivity contribution in [3.63, 3.8) is 0 Å². The molecular weight excluding hydrogens is 746 g/mol. The number of esters is 1. The average molecular weight is 798 g/mol. The van der Waals surface area contributed by atoms with Crippen molar-refractivity contribution >= 4 is 62.8 Å². The first kappa shape index (κ1) is 42.9. The van der Waals surface area contributed by atoms with Gasteiger partial charge in [0.2, 0.25) is 11.8 Å². The maximum atomic E-state index is 14.1. The van der Waals surface area contributed by atoms with E-state index in [0.29, 0.717) is 23.4 Å². The highest BCUT2D eigenvalue weighted by atomic mass is 35.5. The van der Waals surface area contributed by atoms with Crippen LogP contribution in [0.25, 0.3) is 0 Å². The number of rotatable bonds is 10. The van der Waals surface area contributed by atoms with E-state index in [1.807, 2.05) is 19.9 Å². The molecule has 294 valence electrons. The van der Waals surface area contributed by atoms with Crippen molar-refractivity contribution in [1.82, 2.24) is 10.2 Å². The fraction of sp³-hybridized carbons (Fsp3) is 0.622. The van der Waals surface area contributed by atoms with E-state index in [1.165, 1.54) is 24.0 Å². The predicted molar refractivity (Wildman–Crippen MR) is 206 cm³/mol. The second-order valence-corrected chi connectivity index (χ2v) is 17.2. The lowest BCUT2D eigenvalue weighted by Gasteiger charge is -2.42. The summed E-state index contributed by atoms with van der Waals surface area (Å²) in [5.74, 6) is -0.421. The van der Waals surface area contributed by atoms with Crippen molar-refractivity contribution in [1.29, 1.82) is 0 Å². The number of epoxide rings is 1. The van der Waals surface area contributed by atoms with Crippen molar-refractivity contribution in [2.45, 2.75) is 109 Å². The van der Waals surface area contributed by atoms with Gasteiger partial charge < -0.3 is 39.0 Å². The monoisotopic (exact) mass is 797 g/mol. The standard InChI is InChI=1S/C37H52ClN3O10S2/c1-9-52-53-14-13-30(43)40(6)23(4)34(45)50-29-18-31(44)41(7)26-17-24(16-25(20-42)32(26)38)15-21(2)11-10-12-28(48-8)37(47)19-27(49-35(46)39-37)22(3)33-36(29,5)51-33/h10-12,16-17,22-23,27-29,33,42,47H,9,13-15,18-20H2,1-8H3,(H,39,46)/b12-10+,21-11+/t22-,23+,27?,28-,29+,33?,36?,37+/m1/s1. The highest BCUT2D eigenvalue weighted by Crippen LogP contribution is 2.49. The van der Waals surface area contributed by atoms with Crippen LogP contribution < -0.4 is 10.2 Å². The molecule has 0 aliphatic carbocycles. The Labute approximate surface area is 324 Å². The van der Waals surface area contributed by atoms with Crippen LogP contribution >= 0.6 is 33.2 Å². The topological polar surface area (TPSA) is 167 Å². The molecule has 3 unspecified atom stereocenters. The number of carbonyl (C=O) groups excluding carboxylic acids is 4. The number of anilines is 1. The maximum Gasteiger partial charge on any atom is 0.409 e. The molecule has 4 bridgehead atoms. The summed E-state index contributed by atoms with van der Waals surface area (Å²) in [5.41, 5.74) is -0.575. The molecule has 2 saturated heterocycles. The van der Waals surface area contributed by atoms with Crippen LogP contribution in [0, 0.1) is 5.92 Å². The number of benzene rings is 1. The molecule has 0 aromatic heterocycles. The van der Waals surface area contributed by atoms with Crippen LogP contribution in [0.15, 0.2) is 35.9 Å². The minimum absolute atomic E-state index is 0.0548. The first-order valence-electron chi connectivity index (χ1n) is 17.6. The fourth-order valence-electron chi connectivity index (χ4n) is 6.73. The fourth-order valence-corrected chi connectivity index (χ4v) is 8.67. The zero-order valence-corrected chi connectivity index (χ0v) is 33.9. The predicted octanol–water partition coefficient (Wildman–Crippen LogP) is 4.79. The van der Waals surface area contributed by atoms with Crippen LogP contribution in [0.3, 0.4) is 0 Å². The number of ether oxygens (including phenoxy) is 4. The second-order valence-electron chi connectivity index (χ2n) is 14.0. The molecule has 53 heavy (non-hydrogen) atoms. The summed E-state index contributed by atoms with van der Waals surface area (Å²) in [4.78, 5) is 56.3. The summed E-state index contributed by atoms with van der Waals surface area (Å²) in [6.07, 6.45) is 1.07. The maximum absolute atomic E-state index is 14.1. The Bertz CT molecular complexity index is 1600. The molecule has 13 nitrogen and oxygen atoms in total. The third-order valence-electron chi connectivity index (χ3n) is 10.2. The Morgan fingerprint density at radius 2 is 1.98 bits per heavy atom. The van der Waals surface area contributed by atoms with Gasteiger partial charge >= 0.3 is 12.1 Å². The number of hydrogen-bond donors (Lipinski definition) is 3. The Morgan fingerprint density at radius 3 is 2.64 bits per heavy atom. The van der Waals surface area contributed by atoms with E-state index >= 15 is 0 Å². The van der Waals surface area contributed by atoms with Crippen molar-refractivity contribution in [3.05, 3.63) is 52.1 Å². The molecule has 3 aliphatic rings. The van der Waals surface area contributed by atoms with Gasteiger partial charge in [-0.05, 0) is 44.4 Å². The molecule has 0 radical (unpaired) electrons. The second kappa shape index (κ2) is 18.2.